The maximum absolute atomic E-state index is 13.2. The highest BCUT2D eigenvalue weighted by atomic mass is 79.9. The van der Waals surface area contributed by atoms with Crippen molar-refractivity contribution < 1.29 is 4.79 Å². The largest absolute Gasteiger partial charge is 0.348 e. The number of hydrogen-bond acceptors (Lipinski definition) is 6. The van der Waals surface area contributed by atoms with E-state index in [9.17, 15) is 14.4 Å². The molecule has 1 aromatic heterocycles. The lowest BCUT2D eigenvalue weighted by Gasteiger charge is -2.22. The summed E-state index contributed by atoms with van der Waals surface area (Å²) in [5.41, 5.74) is 7.58. The minimum atomic E-state index is -0.433. The van der Waals surface area contributed by atoms with Crippen LogP contribution >= 0.6 is 15.9 Å². The number of aryl methyl sites for hydroxylation is 1. The van der Waals surface area contributed by atoms with Gasteiger partial charge in [0.25, 0.3) is 11.5 Å². The summed E-state index contributed by atoms with van der Waals surface area (Å²) in [7, 11) is 3.39. The number of hydrazine groups is 2. The topological polar surface area (TPSA) is 100 Å². The molecule has 1 amide bonds. The Morgan fingerprint density at radius 1 is 1.15 bits per heavy atom. The molecule has 0 saturated carbocycles. The molecule has 2 aromatic carbocycles. The van der Waals surface area contributed by atoms with Gasteiger partial charge in [-0.05, 0) is 47.5 Å². The first kappa shape index (κ1) is 22.6. The van der Waals surface area contributed by atoms with Gasteiger partial charge in [-0.1, -0.05) is 28.1 Å². The molecule has 3 N–H and O–H groups in total. The Kier molecular flexibility index (Phi) is 6.47. The van der Waals surface area contributed by atoms with Crippen LogP contribution in [-0.4, -0.2) is 33.8 Å². The van der Waals surface area contributed by atoms with Gasteiger partial charge in [0.15, 0.2) is 0 Å². The van der Waals surface area contributed by atoms with Crippen molar-refractivity contribution in [3.8, 4) is 0 Å². The fourth-order valence-electron chi connectivity index (χ4n) is 3.56. The molecule has 3 aromatic rings. The van der Waals surface area contributed by atoms with Crippen molar-refractivity contribution >= 4 is 32.7 Å². The van der Waals surface area contributed by atoms with Gasteiger partial charge in [-0.3, -0.25) is 24.1 Å². The Balaban J connectivity index is 1.62. The van der Waals surface area contributed by atoms with Gasteiger partial charge in [0, 0.05) is 43.1 Å². The Morgan fingerprint density at radius 3 is 2.67 bits per heavy atom. The lowest BCUT2D eigenvalue weighted by molar-refractivity contribution is 0.0957. The highest BCUT2D eigenvalue weighted by Gasteiger charge is 2.15. The Labute approximate surface area is 198 Å². The molecule has 0 bridgehead atoms. The minimum absolute atomic E-state index is 0.133. The van der Waals surface area contributed by atoms with Crippen LogP contribution < -0.4 is 27.4 Å². The molecule has 0 spiro atoms. The highest BCUT2D eigenvalue weighted by molar-refractivity contribution is 9.10. The van der Waals surface area contributed by atoms with E-state index in [0.29, 0.717) is 23.0 Å². The molecule has 1 aliphatic rings. The Hall–Kier alpha value is -3.63. The molecule has 33 heavy (non-hydrogen) atoms. The summed E-state index contributed by atoms with van der Waals surface area (Å²) in [6.45, 7) is 0.451. The van der Waals surface area contributed by atoms with E-state index in [1.54, 1.807) is 43.7 Å². The fourth-order valence-corrected chi connectivity index (χ4v) is 4.01. The molecule has 0 atom stereocenters. The molecule has 0 unspecified atom stereocenters. The summed E-state index contributed by atoms with van der Waals surface area (Å²) in [4.78, 5) is 38.8. The standard InChI is InChI=1S/C23H23BrN6O3/c1-25-30-9-8-16(13-27-30)12-26-21(31)17-6-7-20-19(11-17)22(32)29(23(33)28(20)2)14-15-4-3-5-18(24)10-15/h3-11,13,25,27H,12,14H2,1-2H3,(H,26,31). The first-order chi connectivity index (χ1) is 15.9. The summed E-state index contributed by atoms with van der Waals surface area (Å²) in [5, 5.41) is 4.83. The number of hydrogen-bond donors (Lipinski definition) is 3. The van der Waals surface area contributed by atoms with Crippen LogP contribution in [0.15, 0.2) is 80.6 Å². The van der Waals surface area contributed by atoms with E-state index in [2.05, 4.69) is 32.1 Å². The number of nitrogens with zero attached hydrogens (tertiary/aromatic N) is 3. The number of fused-ring (bicyclic) bond motifs is 1. The zero-order valence-corrected chi connectivity index (χ0v) is 19.7. The van der Waals surface area contributed by atoms with E-state index >= 15 is 0 Å². The second-order valence-corrected chi connectivity index (χ2v) is 8.45. The number of nitrogens with one attached hydrogen (secondary N) is 3. The lowest BCUT2D eigenvalue weighted by Crippen LogP contribution is -2.41. The summed E-state index contributed by atoms with van der Waals surface area (Å²) in [5.74, 6) is -0.311. The third-order valence-electron chi connectivity index (χ3n) is 5.36. The smallest absolute Gasteiger partial charge is 0.331 e. The van der Waals surface area contributed by atoms with Crippen molar-refractivity contribution in [3.63, 3.8) is 0 Å². The number of amides is 1. The summed E-state index contributed by atoms with van der Waals surface area (Å²) >= 11 is 3.41. The predicted octanol–water partition coefficient (Wildman–Crippen LogP) is 1.59. The fraction of sp³-hybridized carbons (Fsp3) is 0.174. The van der Waals surface area contributed by atoms with Gasteiger partial charge >= 0.3 is 5.69 Å². The third-order valence-corrected chi connectivity index (χ3v) is 5.86. The van der Waals surface area contributed by atoms with E-state index in [0.717, 1.165) is 15.6 Å². The number of aromatic nitrogens is 2. The van der Waals surface area contributed by atoms with Gasteiger partial charge in [0.05, 0.1) is 17.4 Å². The van der Waals surface area contributed by atoms with Gasteiger partial charge < -0.3 is 5.32 Å². The first-order valence-corrected chi connectivity index (χ1v) is 11.0. The number of rotatable bonds is 6. The maximum atomic E-state index is 13.2. The zero-order valence-electron chi connectivity index (χ0n) is 18.1. The van der Waals surface area contributed by atoms with Gasteiger partial charge in [-0.2, -0.15) is 0 Å². The molecule has 0 fully saturated rings. The van der Waals surface area contributed by atoms with Crippen molar-refractivity contribution in [2.24, 2.45) is 7.05 Å². The third kappa shape index (κ3) is 4.76. The van der Waals surface area contributed by atoms with Crippen LogP contribution in [0, 0.1) is 0 Å². The Morgan fingerprint density at radius 2 is 1.97 bits per heavy atom. The van der Waals surface area contributed by atoms with E-state index in [1.807, 2.05) is 30.3 Å². The van der Waals surface area contributed by atoms with Crippen molar-refractivity contribution in [1.29, 1.82) is 0 Å². The molecule has 2 heterocycles. The van der Waals surface area contributed by atoms with Crippen molar-refractivity contribution in [2.75, 3.05) is 13.6 Å². The van der Waals surface area contributed by atoms with E-state index < -0.39 is 11.2 Å². The van der Waals surface area contributed by atoms with Gasteiger partial charge in [-0.25, -0.2) is 15.3 Å². The molecule has 1 aliphatic heterocycles. The second kappa shape index (κ2) is 9.47. The lowest BCUT2D eigenvalue weighted by atomic mass is 10.1. The quantitative estimate of drug-likeness (QED) is 0.465. The average Bonchev–Trinajstić information content (AvgIpc) is 2.83. The van der Waals surface area contributed by atoms with Crippen LogP contribution in [0.1, 0.15) is 15.9 Å². The van der Waals surface area contributed by atoms with Gasteiger partial charge in [0.1, 0.15) is 0 Å². The SMILES string of the molecule is CNN1C=CC(CNC(=O)c2ccc3c(c2)c(=O)n(Cc2cccc(Br)c2)c(=O)n3C)=CN1. The molecule has 9 nitrogen and oxygen atoms in total. The number of carbonyl (C=O) groups excluding carboxylic acids is 1. The molecule has 10 heteroatoms. The summed E-state index contributed by atoms with van der Waals surface area (Å²) < 4.78 is 3.47. The number of carbonyl (C=O) groups is 1. The van der Waals surface area contributed by atoms with Gasteiger partial charge in [0.2, 0.25) is 0 Å². The normalized spacial score (nSPS) is 13.1. The molecular formula is C23H23BrN6O3. The highest BCUT2D eigenvalue weighted by Crippen LogP contribution is 2.14. The van der Waals surface area contributed by atoms with Crippen molar-refractivity contribution in [3.05, 3.63) is 103 Å². The van der Waals surface area contributed by atoms with Crippen LogP contribution in [0.2, 0.25) is 0 Å². The monoisotopic (exact) mass is 510 g/mol. The molecule has 0 aliphatic carbocycles. The van der Waals surface area contributed by atoms with E-state index in [-0.39, 0.29) is 12.5 Å². The molecular weight excluding hydrogens is 488 g/mol. The van der Waals surface area contributed by atoms with Crippen molar-refractivity contribution in [1.82, 2.24) is 30.4 Å². The van der Waals surface area contributed by atoms with E-state index in [4.69, 9.17) is 0 Å². The molecule has 170 valence electrons. The zero-order chi connectivity index (χ0) is 23.5. The maximum Gasteiger partial charge on any atom is 0.331 e. The van der Waals surface area contributed by atoms with Crippen molar-refractivity contribution in [2.45, 2.75) is 6.54 Å². The Bertz CT molecular complexity index is 1410. The summed E-state index contributed by atoms with van der Waals surface area (Å²) in [6, 6.07) is 12.2. The van der Waals surface area contributed by atoms with Crippen LogP contribution in [0.5, 0.6) is 0 Å². The predicted molar refractivity (Wildman–Crippen MR) is 130 cm³/mol. The van der Waals surface area contributed by atoms with Crippen LogP contribution in [-0.2, 0) is 13.6 Å². The molecule has 4 rings (SSSR count). The van der Waals surface area contributed by atoms with Crippen LogP contribution in [0.3, 0.4) is 0 Å². The van der Waals surface area contributed by atoms with Gasteiger partial charge in [-0.15, -0.1) is 0 Å². The van der Waals surface area contributed by atoms with E-state index in [1.165, 1.54) is 15.2 Å². The molecule has 0 radical (unpaired) electrons. The minimum Gasteiger partial charge on any atom is -0.348 e. The number of halogens is 1. The summed E-state index contributed by atoms with van der Waals surface area (Å²) in [6.07, 6.45) is 5.43. The van der Waals surface area contributed by atoms with Crippen LogP contribution in [0.4, 0.5) is 0 Å². The van der Waals surface area contributed by atoms with Crippen LogP contribution in [0.25, 0.3) is 10.9 Å². The first-order valence-electron chi connectivity index (χ1n) is 10.2. The second-order valence-electron chi connectivity index (χ2n) is 7.54. The average molecular weight is 511 g/mol. The number of benzene rings is 2. The molecule has 0 saturated heterocycles.